The van der Waals surface area contributed by atoms with Gasteiger partial charge in [-0.05, 0) is 30.7 Å². The topological polar surface area (TPSA) is 75.1 Å². The van der Waals surface area contributed by atoms with Crippen molar-refractivity contribution < 1.29 is 9.90 Å². The van der Waals surface area contributed by atoms with Gasteiger partial charge < -0.3 is 10.4 Å². The molecule has 1 heterocycles. The van der Waals surface area contributed by atoms with E-state index in [-0.39, 0.29) is 5.56 Å². The number of carboxylic acids is 1. The molecule has 0 radical (unpaired) electrons. The molecule has 0 aliphatic heterocycles. The summed E-state index contributed by atoms with van der Waals surface area (Å²) in [6.07, 6.45) is 3.15. The minimum Gasteiger partial charge on any atom is -0.478 e. The van der Waals surface area contributed by atoms with E-state index in [1.165, 1.54) is 6.33 Å². The van der Waals surface area contributed by atoms with Gasteiger partial charge in [0.15, 0.2) is 0 Å². The Morgan fingerprint density at radius 2 is 2.22 bits per heavy atom. The molecular formula is C13H13N3O2. The first-order valence-corrected chi connectivity index (χ1v) is 5.49. The van der Waals surface area contributed by atoms with Crippen LogP contribution in [0.15, 0.2) is 36.8 Å². The second-order valence-corrected chi connectivity index (χ2v) is 3.89. The van der Waals surface area contributed by atoms with Crippen molar-refractivity contribution >= 4 is 11.7 Å². The second kappa shape index (κ2) is 5.27. The number of nitrogens with zero attached hydrogens (tertiary/aromatic N) is 2. The Hall–Kier alpha value is -2.43. The molecule has 2 N–H and O–H groups in total. The molecule has 5 nitrogen and oxygen atoms in total. The number of carbonyl (C=O) groups is 1. The summed E-state index contributed by atoms with van der Waals surface area (Å²) >= 11 is 0. The highest BCUT2D eigenvalue weighted by Crippen LogP contribution is 2.17. The lowest BCUT2D eigenvalue weighted by Crippen LogP contribution is -2.05. The van der Waals surface area contributed by atoms with Gasteiger partial charge in [0.1, 0.15) is 6.33 Å². The number of nitrogens with one attached hydrogen (secondary N) is 1. The van der Waals surface area contributed by atoms with E-state index in [9.17, 15) is 4.79 Å². The van der Waals surface area contributed by atoms with Crippen LogP contribution in [0.25, 0.3) is 0 Å². The zero-order valence-corrected chi connectivity index (χ0v) is 9.92. The molecule has 1 aromatic carbocycles. The molecule has 5 heteroatoms. The Labute approximate surface area is 105 Å². The highest BCUT2D eigenvalue weighted by molar-refractivity contribution is 5.89. The summed E-state index contributed by atoms with van der Waals surface area (Å²) in [5.41, 5.74) is 2.92. The van der Waals surface area contributed by atoms with Gasteiger partial charge in [0.05, 0.1) is 17.8 Å². The van der Waals surface area contributed by atoms with E-state index in [1.54, 1.807) is 24.4 Å². The van der Waals surface area contributed by atoms with Gasteiger partial charge in [-0.15, -0.1) is 0 Å². The van der Waals surface area contributed by atoms with Crippen LogP contribution in [0, 0.1) is 6.92 Å². The predicted octanol–water partition coefficient (Wildman–Crippen LogP) is 2.10. The highest BCUT2D eigenvalue weighted by atomic mass is 16.4. The van der Waals surface area contributed by atoms with Crippen LogP contribution in [0.3, 0.4) is 0 Å². The first-order chi connectivity index (χ1) is 8.66. The van der Waals surface area contributed by atoms with Gasteiger partial charge in [0.25, 0.3) is 0 Å². The van der Waals surface area contributed by atoms with E-state index in [2.05, 4.69) is 15.3 Å². The molecule has 92 valence electrons. The van der Waals surface area contributed by atoms with Gasteiger partial charge >= 0.3 is 5.97 Å². The largest absolute Gasteiger partial charge is 0.478 e. The van der Waals surface area contributed by atoms with Crippen molar-refractivity contribution in [3.63, 3.8) is 0 Å². The van der Waals surface area contributed by atoms with E-state index in [4.69, 9.17) is 5.11 Å². The number of anilines is 1. The summed E-state index contributed by atoms with van der Waals surface area (Å²) in [5, 5.41) is 12.1. The van der Waals surface area contributed by atoms with Crippen LogP contribution in [-0.4, -0.2) is 21.0 Å². The smallest absolute Gasteiger partial charge is 0.335 e. The summed E-state index contributed by atoms with van der Waals surface area (Å²) in [7, 11) is 0. The van der Waals surface area contributed by atoms with Crippen molar-refractivity contribution in [2.45, 2.75) is 13.5 Å². The third-order valence-electron chi connectivity index (χ3n) is 2.59. The molecule has 0 aliphatic carbocycles. The minimum absolute atomic E-state index is 0.269. The molecule has 18 heavy (non-hydrogen) atoms. The Kier molecular flexibility index (Phi) is 3.52. The van der Waals surface area contributed by atoms with Crippen molar-refractivity contribution in [2.75, 3.05) is 5.32 Å². The molecule has 0 saturated heterocycles. The Morgan fingerprint density at radius 3 is 2.89 bits per heavy atom. The number of benzene rings is 1. The first-order valence-electron chi connectivity index (χ1n) is 5.49. The highest BCUT2D eigenvalue weighted by Gasteiger charge is 2.06. The minimum atomic E-state index is -0.930. The van der Waals surface area contributed by atoms with Gasteiger partial charge in [-0.1, -0.05) is 6.07 Å². The fraction of sp³-hybridized carbons (Fsp3) is 0.154. The van der Waals surface area contributed by atoms with E-state index in [1.807, 2.05) is 13.0 Å². The lowest BCUT2D eigenvalue weighted by atomic mass is 10.1. The molecule has 0 spiro atoms. The Balaban J connectivity index is 2.14. The van der Waals surface area contributed by atoms with Crippen LogP contribution in [-0.2, 0) is 6.54 Å². The van der Waals surface area contributed by atoms with Crippen molar-refractivity contribution in [2.24, 2.45) is 0 Å². The molecule has 0 amide bonds. The van der Waals surface area contributed by atoms with Crippen molar-refractivity contribution in [3.05, 3.63) is 53.6 Å². The number of hydrogen-bond acceptors (Lipinski definition) is 4. The fourth-order valence-corrected chi connectivity index (χ4v) is 1.55. The summed E-state index contributed by atoms with van der Waals surface area (Å²) in [4.78, 5) is 18.8. The number of carboxylic acid groups (broad SMARTS) is 1. The molecule has 2 rings (SSSR count). The Morgan fingerprint density at radius 1 is 1.39 bits per heavy atom. The number of aryl methyl sites for hydroxylation is 1. The molecule has 2 aromatic rings. The van der Waals surface area contributed by atoms with Gasteiger partial charge in [0.2, 0.25) is 0 Å². The second-order valence-electron chi connectivity index (χ2n) is 3.89. The van der Waals surface area contributed by atoms with Crippen LogP contribution in [0.5, 0.6) is 0 Å². The molecule has 1 aromatic heterocycles. The summed E-state index contributed by atoms with van der Waals surface area (Å²) < 4.78 is 0. The van der Waals surface area contributed by atoms with E-state index in [0.29, 0.717) is 6.54 Å². The molecule has 0 unspecified atom stereocenters. The van der Waals surface area contributed by atoms with Crippen LogP contribution in [0.1, 0.15) is 21.6 Å². The Bertz CT molecular complexity index is 555. The zero-order chi connectivity index (χ0) is 13.0. The molecule has 0 aliphatic rings. The quantitative estimate of drug-likeness (QED) is 0.860. The maximum absolute atomic E-state index is 10.9. The van der Waals surface area contributed by atoms with Crippen molar-refractivity contribution in [3.8, 4) is 0 Å². The van der Waals surface area contributed by atoms with E-state index in [0.717, 1.165) is 16.9 Å². The maximum Gasteiger partial charge on any atom is 0.335 e. The first kappa shape index (κ1) is 12.0. The average molecular weight is 243 g/mol. The molecule has 0 saturated carbocycles. The average Bonchev–Trinajstić information content (AvgIpc) is 2.38. The predicted molar refractivity (Wildman–Crippen MR) is 67.5 cm³/mol. The zero-order valence-electron chi connectivity index (χ0n) is 9.92. The number of rotatable bonds is 4. The lowest BCUT2D eigenvalue weighted by molar-refractivity contribution is 0.0697. The lowest BCUT2D eigenvalue weighted by Gasteiger charge is -2.09. The number of hydrogen-bond donors (Lipinski definition) is 2. The van der Waals surface area contributed by atoms with Crippen molar-refractivity contribution in [1.29, 1.82) is 0 Å². The molecular weight excluding hydrogens is 230 g/mol. The van der Waals surface area contributed by atoms with Crippen LogP contribution < -0.4 is 5.32 Å². The van der Waals surface area contributed by atoms with E-state index < -0.39 is 5.97 Å². The third kappa shape index (κ3) is 2.82. The standard InChI is InChI=1S/C13H13N3O2/c1-9-2-3-10(13(17)18)6-12(9)15-7-11-4-5-14-8-16-11/h2-6,8,15H,7H2,1H3,(H,17,18). The monoisotopic (exact) mass is 243 g/mol. The van der Waals surface area contributed by atoms with Crippen LogP contribution in [0.4, 0.5) is 5.69 Å². The van der Waals surface area contributed by atoms with Crippen LogP contribution >= 0.6 is 0 Å². The molecule has 0 fully saturated rings. The number of aromatic nitrogens is 2. The van der Waals surface area contributed by atoms with Gasteiger partial charge in [-0.2, -0.15) is 0 Å². The fourth-order valence-electron chi connectivity index (χ4n) is 1.55. The van der Waals surface area contributed by atoms with Crippen LogP contribution in [0.2, 0.25) is 0 Å². The summed E-state index contributed by atoms with van der Waals surface area (Å²) in [6.45, 7) is 2.46. The number of aromatic carboxylic acids is 1. The molecule has 0 bridgehead atoms. The normalized spacial score (nSPS) is 10.1. The van der Waals surface area contributed by atoms with Crippen molar-refractivity contribution in [1.82, 2.24) is 9.97 Å². The summed E-state index contributed by atoms with van der Waals surface area (Å²) in [6, 6.07) is 6.81. The van der Waals surface area contributed by atoms with E-state index >= 15 is 0 Å². The third-order valence-corrected chi connectivity index (χ3v) is 2.59. The van der Waals surface area contributed by atoms with Gasteiger partial charge in [-0.3, -0.25) is 0 Å². The molecule has 0 atom stereocenters. The van der Waals surface area contributed by atoms with Gasteiger partial charge in [0, 0.05) is 11.9 Å². The maximum atomic E-state index is 10.9. The SMILES string of the molecule is Cc1ccc(C(=O)O)cc1NCc1ccncn1. The summed E-state index contributed by atoms with van der Waals surface area (Å²) in [5.74, 6) is -0.930. The van der Waals surface area contributed by atoms with Gasteiger partial charge in [-0.25, -0.2) is 14.8 Å².